The Hall–Kier alpha value is -2.20. The smallest absolute Gasteiger partial charge is 0.254 e. The van der Waals surface area contributed by atoms with Crippen molar-refractivity contribution in [2.45, 2.75) is 44.3 Å². The average Bonchev–Trinajstić information content (AvgIpc) is 3.56. The summed E-state index contributed by atoms with van der Waals surface area (Å²) in [7, 11) is 0. The average molecular weight is 333 g/mol. The van der Waals surface area contributed by atoms with Gasteiger partial charge in [-0.25, -0.2) is 0 Å². The Morgan fingerprint density at radius 2 is 2.00 bits per heavy atom. The van der Waals surface area contributed by atoms with Crippen LogP contribution in [0.1, 0.15) is 52.4 Å². The molecule has 2 heterocycles. The van der Waals surface area contributed by atoms with Crippen LogP contribution >= 0.6 is 0 Å². The first-order valence-corrected chi connectivity index (χ1v) is 9.33. The summed E-state index contributed by atoms with van der Waals surface area (Å²) >= 11 is 0. The number of pyridine rings is 1. The molecule has 1 amide bonds. The van der Waals surface area contributed by atoms with E-state index in [4.69, 9.17) is 0 Å². The lowest BCUT2D eigenvalue weighted by Crippen LogP contribution is -2.25. The van der Waals surface area contributed by atoms with Crippen molar-refractivity contribution in [3.8, 4) is 0 Å². The number of hydrogen-bond donors (Lipinski definition) is 1. The van der Waals surface area contributed by atoms with Gasteiger partial charge in [0.05, 0.1) is 12.2 Å². The van der Waals surface area contributed by atoms with Crippen molar-refractivity contribution >= 4 is 5.91 Å². The highest BCUT2D eigenvalue weighted by atomic mass is 16.2. The van der Waals surface area contributed by atoms with Gasteiger partial charge in [-0.15, -0.1) is 0 Å². The number of hydrogen-bond acceptors (Lipinski definition) is 3. The second-order valence-electron chi connectivity index (χ2n) is 7.69. The van der Waals surface area contributed by atoms with Crippen LogP contribution in [0.5, 0.6) is 0 Å². The minimum Gasteiger partial charge on any atom is -0.328 e. The molecule has 0 spiro atoms. The highest BCUT2D eigenvalue weighted by Crippen LogP contribution is 2.41. The molecule has 1 aromatic carbocycles. The van der Waals surface area contributed by atoms with Crippen molar-refractivity contribution in [3.05, 3.63) is 65.0 Å². The van der Waals surface area contributed by atoms with Crippen LogP contribution in [0.25, 0.3) is 0 Å². The topological polar surface area (TPSA) is 45.2 Å². The van der Waals surface area contributed by atoms with E-state index in [-0.39, 0.29) is 5.91 Å². The van der Waals surface area contributed by atoms with Gasteiger partial charge in [-0.1, -0.05) is 18.2 Å². The van der Waals surface area contributed by atoms with Crippen LogP contribution in [0.2, 0.25) is 0 Å². The fourth-order valence-corrected chi connectivity index (χ4v) is 3.83. The zero-order chi connectivity index (χ0) is 16.8. The molecule has 4 heteroatoms. The van der Waals surface area contributed by atoms with Crippen LogP contribution in [0.4, 0.5) is 0 Å². The Bertz CT molecular complexity index is 772. The third kappa shape index (κ3) is 3.07. The minimum absolute atomic E-state index is 0.101. The normalized spacial score (nSPS) is 24.2. The molecule has 1 aromatic heterocycles. The van der Waals surface area contributed by atoms with Gasteiger partial charge in [0.2, 0.25) is 0 Å². The monoisotopic (exact) mass is 333 g/mol. The Morgan fingerprint density at radius 1 is 1.16 bits per heavy atom. The van der Waals surface area contributed by atoms with E-state index in [1.165, 1.54) is 31.4 Å². The lowest BCUT2D eigenvalue weighted by molar-refractivity contribution is 0.0750. The van der Waals surface area contributed by atoms with Crippen LogP contribution in [0.15, 0.2) is 42.6 Å². The van der Waals surface area contributed by atoms with Crippen molar-refractivity contribution in [2.24, 2.45) is 5.92 Å². The van der Waals surface area contributed by atoms with E-state index in [0.29, 0.717) is 25.0 Å². The molecule has 0 unspecified atom stereocenters. The predicted octanol–water partition coefficient (Wildman–Crippen LogP) is 3.09. The summed E-state index contributed by atoms with van der Waals surface area (Å²) < 4.78 is 0. The molecule has 2 aromatic rings. The van der Waals surface area contributed by atoms with Gasteiger partial charge in [-0.3, -0.25) is 9.78 Å². The Labute approximate surface area is 148 Å². The van der Waals surface area contributed by atoms with Crippen molar-refractivity contribution in [1.29, 1.82) is 0 Å². The molecule has 0 saturated heterocycles. The van der Waals surface area contributed by atoms with Crippen molar-refractivity contribution < 1.29 is 4.79 Å². The van der Waals surface area contributed by atoms with Crippen LogP contribution < -0.4 is 5.32 Å². The summed E-state index contributed by atoms with van der Waals surface area (Å²) in [6.45, 7) is 2.47. The summed E-state index contributed by atoms with van der Waals surface area (Å²) in [6, 6.07) is 12.9. The molecular formula is C21H23N3O. The number of amides is 1. The summed E-state index contributed by atoms with van der Waals surface area (Å²) in [5.41, 5.74) is 4.32. The molecule has 5 rings (SSSR count). The zero-order valence-electron chi connectivity index (χ0n) is 14.3. The number of nitrogens with zero attached hydrogens (tertiary/aromatic N) is 2. The lowest BCUT2D eigenvalue weighted by Gasteiger charge is -2.15. The van der Waals surface area contributed by atoms with Gasteiger partial charge < -0.3 is 10.2 Å². The maximum Gasteiger partial charge on any atom is 0.254 e. The molecule has 0 radical (unpaired) electrons. The fraction of sp³-hybridized carbons (Fsp3) is 0.429. The molecule has 3 aliphatic rings. The van der Waals surface area contributed by atoms with Crippen molar-refractivity contribution in [2.75, 3.05) is 6.54 Å². The highest BCUT2D eigenvalue weighted by Gasteiger charge is 2.39. The van der Waals surface area contributed by atoms with E-state index in [1.54, 1.807) is 6.20 Å². The molecule has 4 nitrogen and oxygen atoms in total. The van der Waals surface area contributed by atoms with Gasteiger partial charge >= 0.3 is 0 Å². The van der Waals surface area contributed by atoms with Gasteiger partial charge in [0, 0.05) is 30.3 Å². The Morgan fingerprint density at radius 3 is 2.76 bits per heavy atom. The van der Waals surface area contributed by atoms with Crippen molar-refractivity contribution in [1.82, 2.24) is 15.2 Å². The minimum atomic E-state index is 0.101. The van der Waals surface area contributed by atoms with Crippen LogP contribution in [-0.4, -0.2) is 28.4 Å². The molecule has 25 heavy (non-hydrogen) atoms. The van der Waals surface area contributed by atoms with E-state index in [9.17, 15) is 4.79 Å². The third-order valence-corrected chi connectivity index (χ3v) is 5.72. The summed E-state index contributed by atoms with van der Waals surface area (Å²) in [6.07, 6.45) is 5.83. The second-order valence-corrected chi connectivity index (χ2v) is 7.69. The van der Waals surface area contributed by atoms with Crippen LogP contribution in [0.3, 0.4) is 0 Å². The van der Waals surface area contributed by atoms with E-state index in [1.807, 2.05) is 23.1 Å². The largest absolute Gasteiger partial charge is 0.328 e. The number of carbonyl (C=O) groups is 1. The number of rotatable bonds is 5. The molecule has 2 atom stereocenters. The summed E-state index contributed by atoms with van der Waals surface area (Å²) in [5, 5.41) is 3.68. The van der Waals surface area contributed by atoms with E-state index in [2.05, 4.69) is 28.5 Å². The van der Waals surface area contributed by atoms with Crippen LogP contribution in [-0.2, 0) is 13.1 Å². The zero-order valence-corrected chi connectivity index (χ0v) is 14.3. The maximum atomic E-state index is 12.7. The number of benzene rings is 1. The molecule has 128 valence electrons. The molecule has 0 bridgehead atoms. The van der Waals surface area contributed by atoms with E-state index >= 15 is 0 Å². The predicted molar refractivity (Wildman–Crippen MR) is 96.1 cm³/mol. The van der Waals surface area contributed by atoms with Crippen molar-refractivity contribution in [3.63, 3.8) is 0 Å². The SMILES string of the molecule is O=C(c1ccc([C@@H]2C[C@H]2NCC2CC2)cc1)N1Cc2cccnc2C1. The first-order valence-electron chi connectivity index (χ1n) is 9.33. The fourth-order valence-electron chi connectivity index (χ4n) is 3.83. The Kier molecular flexibility index (Phi) is 3.59. The standard InChI is InChI=1S/C21H23N3O/c25-21(24-12-17-2-1-9-22-20(17)13-24)16-7-5-15(6-8-16)18-10-19(18)23-11-14-3-4-14/h1-2,5-9,14,18-19,23H,3-4,10-13H2/t18-,19+/m0/s1. The van der Waals surface area contributed by atoms with E-state index in [0.717, 1.165) is 22.7 Å². The first-order chi connectivity index (χ1) is 12.3. The van der Waals surface area contributed by atoms with Crippen LogP contribution in [0, 0.1) is 5.92 Å². The van der Waals surface area contributed by atoms with Gasteiger partial charge in [-0.05, 0) is 61.1 Å². The molecule has 2 saturated carbocycles. The number of carbonyl (C=O) groups excluding carboxylic acids is 1. The molecule has 1 N–H and O–H groups in total. The lowest BCUT2D eigenvalue weighted by atomic mass is 10.1. The van der Waals surface area contributed by atoms with Gasteiger partial charge in [-0.2, -0.15) is 0 Å². The highest BCUT2D eigenvalue weighted by molar-refractivity contribution is 5.94. The van der Waals surface area contributed by atoms with Gasteiger partial charge in [0.25, 0.3) is 5.91 Å². The molecule has 2 fully saturated rings. The second kappa shape index (κ2) is 5.95. The molecule has 2 aliphatic carbocycles. The third-order valence-electron chi connectivity index (χ3n) is 5.72. The number of nitrogens with one attached hydrogen (secondary N) is 1. The quantitative estimate of drug-likeness (QED) is 0.914. The number of aromatic nitrogens is 1. The summed E-state index contributed by atoms with van der Waals surface area (Å²) in [4.78, 5) is 19.0. The maximum absolute atomic E-state index is 12.7. The van der Waals surface area contributed by atoms with E-state index < -0.39 is 0 Å². The molecule has 1 aliphatic heterocycles. The van der Waals surface area contributed by atoms with Gasteiger partial charge in [0.1, 0.15) is 0 Å². The first kappa shape index (κ1) is 15.1. The van der Waals surface area contributed by atoms with Gasteiger partial charge in [0.15, 0.2) is 0 Å². The number of fused-ring (bicyclic) bond motifs is 1. The summed E-state index contributed by atoms with van der Waals surface area (Å²) in [5.74, 6) is 1.66. The Balaban J connectivity index is 1.21. The molecular weight excluding hydrogens is 310 g/mol.